The van der Waals surface area contributed by atoms with Crippen molar-refractivity contribution >= 4 is 11.3 Å². The van der Waals surface area contributed by atoms with Gasteiger partial charge in [-0.2, -0.15) is 0 Å². The highest BCUT2D eigenvalue weighted by atomic mass is 32.1. The first kappa shape index (κ1) is 11.1. The first-order chi connectivity index (χ1) is 7.27. The number of hydrogen-bond donors (Lipinski definition) is 1. The summed E-state index contributed by atoms with van der Waals surface area (Å²) in [7, 11) is 0. The van der Waals surface area contributed by atoms with E-state index in [1.54, 1.807) is 11.3 Å². The van der Waals surface area contributed by atoms with Crippen LogP contribution in [0.5, 0.6) is 0 Å². The Morgan fingerprint density at radius 1 is 1.53 bits per heavy atom. The van der Waals surface area contributed by atoms with Crippen molar-refractivity contribution < 1.29 is 0 Å². The molecule has 1 heterocycles. The lowest BCUT2D eigenvalue weighted by molar-refractivity contribution is 0.411. The summed E-state index contributed by atoms with van der Waals surface area (Å²) in [6.07, 6.45) is 7.73. The lowest BCUT2D eigenvalue weighted by Gasteiger charge is -2.18. The van der Waals surface area contributed by atoms with Crippen LogP contribution in [0.25, 0.3) is 0 Å². The van der Waals surface area contributed by atoms with E-state index in [1.165, 1.54) is 36.3 Å². The fourth-order valence-electron chi connectivity index (χ4n) is 2.49. The summed E-state index contributed by atoms with van der Waals surface area (Å²) in [5.74, 6) is 0.790. The van der Waals surface area contributed by atoms with Crippen molar-refractivity contribution in [3.05, 3.63) is 16.1 Å². The zero-order valence-electron chi connectivity index (χ0n) is 9.41. The topological polar surface area (TPSA) is 38.9 Å². The molecule has 1 aromatic rings. The summed E-state index contributed by atoms with van der Waals surface area (Å²) in [5, 5.41) is 0. The second kappa shape index (κ2) is 5.08. The third-order valence-electron chi connectivity index (χ3n) is 3.55. The van der Waals surface area contributed by atoms with Gasteiger partial charge in [-0.05, 0) is 38.5 Å². The van der Waals surface area contributed by atoms with E-state index in [1.807, 2.05) is 5.51 Å². The Hall–Kier alpha value is -0.410. The maximum Gasteiger partial charge on any atom is 0.0797 e. The second-order valence-corrected chi connectivity index (χ2v) is 5.55. The Morgan fingerprint density at radius 3 is 2.87 bits per heavy atom. The molecular formula is C12H20N2S. The van der Waals surface area contributed by atoms with Gasteiger partial charge in [-0.3, -0.25) is 0 Å². The highest BCUT2D eigenvalue weighted by molar-refractivity contribution is 7.09. The standard InChI is InChI=1S/C12H20N2S/c1-9-12(15-8-14-9)7-6-11(13)10-4-2-3-5-10/h8,10-11H,2-7,13H2,1H3. The average Bonchev–Trinajstić information content (AvgIpc) is 2.85. The predicted molar refractivity (Wildman–Crippen MR) is 65.1 cm³/mol. The number of aryl methyl sites for hydroxylation is 2. The smallest absolute Gasteiger partial charge is 0.0797 e. The third-order valence-corrected chi connectivity index (χ3v) is 4.55. The first-order valence-electron chi connectivity index (χ1n) is 5.92. The monoisotopic (exact) mass is 224 g/mol. The molecule has 15 heavy (non-hydrogen) atoms. The van der Waals surface area contributed by atoms with Crippen LogP contribution < -0.4 is 5.73 Å². The average molecular weight is 224 g/mol. The van der Waals surface area contributed by atoms with Crippen LogP contribution in [0.4, 0.5) is 0 Å². The summed E-state index contributed by atoms with van der Waals surface area (Å²) >= 11 is 1.77. The molecule has 0 saturated heterocycles. The molecule has 1 aliphatic rings. The summed E-state index contributed by atoms with van der Waals surface area (Å²) < 4.78 is 0. The molecule has 84 valence electrons. The molecule has 3 heteroatoms. The van der Waals surface area contributed by atoms with Gasteiger partial charge < -0.3 is 5.73 Å². The van der Waals surface area contributed by atoms with Gasteiger partial charge in [0, 0.05) is 10.9 Å². The molecule has 2 nitrogen and oxygen atoms in total. The molecule has 0 radical (unpaired) electrons. The SMILES string of the molecule is Cc1ncsc1CCC(N)C1CCCC1. The van der Waals surface area contributed by atoms with Crippen LogP contribution in [0.2, 0.25) is 0 Å². The van der Waals surface area contributed by atoms with E-state index in [0.29, 0.717) is 6.04 Å². The number of rotatable bonds is 4. The van der Waals surface area contributed by atoms with Gasteiger partial charge in [-0.25, -0.2) is 4.98 Å². The van der Waals surface area contributed by atoms with Crippen LogP contribution in [-0.2, 0) is 6.42 Å². The van der Waals surface area contributed by atoms with Gasteiger partial charge in [0.2, 0.25) is 0 Å². The van der Waals surface area contributed by atoms with Crippen molar-refractivity contribution in [1.82, 2.24) is 4.98 Å². The van der Waals surface area contributed by atoms with Gasteiger partial charge in [-0.15, -0.1) is 11.3 Å². The molecule has 0 bridgehead atoms. The lowest BCUT2D eigenvalue weighted by atomic mass is 9.95. The zero-order chi connectivity index (χ0) is 10.7. The van der Waals surface area contributed by atoms with Crippen LogP contribution in [-0.4, -0.2) is 11.0 Å². The van der Waals surface area contributed by atoms with Crippen LogP contribution in [0.3, 0.4) is 0 Å². The van der Waals surface area contributed by atoms with Gasteiger partial charge in [0.05, 0.1) is 11.2 Å². The molecular weight excluding hydrogens is 204 g/mol. The minimum absolute atomic E-state index is 0.411. The summed E-state index contributed by atoms with van der Waals surface area (Å²) in [5.41, 5.74) is 9.36. The van der Waals surface area contributed by atoms with Crippen molar-refractivity contribution in [3.8, 4) is 0 Å². The van der Waals surface area contributed by atoms with E-state index in [-0.39, 0.29) is 0 Å². The predicted octanol–water partition coefficient (Wildman–Crippen LogP) is 2.90. The van der Waals surface area contributed by atoms with Gasteiger partial charge in [0.1, 0.15) is 0 Å². The van der Waals surface area contributed by atoms with E-state index < -0.39 is 0 Å². The second-order valence-electron chi connectivity index (χ2n) is 4.61. The Bertz CT molecular complexity index is 302. The molecule has 1 atom stereocenters. The maximum atomic E-state index is 6.23. The minimum atomic E-state index is 0.411. The van der Waals surface area contributed by atoms with E-state index in [4.69, 9.17) is 5.73 Å². The number of aromatic nitrogens is 1. The fraction of sp³-hybridized carbons (Fsp3) is 0.750. The molecule has 1 saturated carbocycles. The van der Waals surface area contributed by atoms with Crippen LogP contribution in [0, 0.1) is 12.8 Å². The Balaban J connectivity index is 1.80. The highest BCUT2D eigenvalue weighted by Crippen LogP contribution is 2.29. The van der Waals surface area contributed by atoms with Gasteiger partial charge in [-0.1, -0.05) is 12.8 Å². The zero-order valence-corrected chi connectivity index (χ0v) is 10.2. The minimum Gasteiger partial charge on any atom is -0.327 e. The van der Waals surface area contributed by atoms with E-state index in [2.05, 4.69) is 11.9 Å². The van der Waals surface area contributed by atoms with E-state index >= 15 is 0 Å². The summed E-state index contributed by atoms with van der Waals surface area (Å²) in [6, 6.07) is 0.411. The van der Waals surface area contributed by atoms with Gasteiger partial charge in [0.15, 0.2) is 0 Å². The molecule has 2 N–H and O–H groups in total. The first-order valence-corrected chi connectivity index (χ1v) is 6.80. The van der Waals surface area contributed by atoms with Crippen molar-refractivity contribution in [2.45, 2.75) is 51.5 Å². The van der Waals surface area contributed by atoms with Crippen molar-refractivity contribution in [1.29, 1.82) is 0 Å². The Kier molecular flexibility index (Phi) is 3.76. The van der Waals surface area contributed by atoms with Crippen molar-refractivity contribution in [2.75, 3.05) is 0 Å². The quantitative estimate of drug-likeness (QED) is 0.854. The highest BCUT2D eigenvalue weighted by Gasteiger charge is 2.21. The molecule has 0 amide bonds. The van der Waals surface area contributed by atoms with Gasteiger partial charge >= 0.3 is 0 Å². The summed E-state index contributed by atoms with van der Waals surface area (Å²) in [4.78, 5) is 5.69. The molecule has 0 spiro atoms. The molecule has 2 rings (SSSR count). The van der Waals surface area contributed by atoms with Crippen molar-refractivity contribution in [3.63, 3.8) is 0 Å². The molecule has 1 aromatic heterocycles. The number of nitrogens with two attached hydrogens (primary N) is 1. The number of thiazole rings is 1. The van der Waals surface area contributed by atoms with Crippen LogP contribution in [0.1, 0.15) is 42.7 Å². The van der Waals surface area contributed by atoms with Crippen molar-refractivity contribution in [2.24, 2.45) is 11.7 Å². The maximum absolute atomic E-state index is 6.23. The third kappa shape index (κ3) is 2.79. The van der Waals surface area contributed by atoms with E-state index in [9.17, 15) is 0 Å². The lowest BCUT2D eigenvalue weighted by Crippen LogP contribution is -2.28. The largest absolute Gasteiger partial charge is 0.327 e. The van der Waals surface area contributed by atoms with Crippen LogP contribution in [0.15, 0.2) is 5.51 Å². The molecule has 1 fully saturated rings. The number of nitrogens with zero attached hydrogens (tertiary/aromatic N) is 1. The fourth-order valence-corrected chi connectivity index (χ4v) is 3.28. The Morgan fingerprint density at radius 2 is 2.27 bits per heavy atom. The van der Waals surface area contributed by atoms with E-state index in [0.717, 1.165) is 18.8 Å². The van der Waals surface area contributed by atoms with Crippen LogP contribution >= 0.6 is 11.3 Å². The molecule has 1 aliphatic carbocycles. The number of hydrogen-bond acceptors (Lipinski definition) is 3. The summed E-state index contributed by atoms with van der Waals surface area (Å²) in [6.45, 7) is 2.09. The molecule has 1 unspecified atom stereocenters. The molecule has 0 aliphatic heterocycles. The normalized spacial score (nSPS) is 19.6. The Labute approximate surface area is 95.9 Å². The molecule has 0 aromatic carbocycles. The van der Waals surface area contributed by atoms with Gasteiger partial charge in [0.25, 0.3) is 0 Å².